The largest absolute Gasteiger partial charge is 0.497 e. The van der Waals surface area contributed by atoms with Crippen LogP contribution in [0.5, 0.6) is 5.75 Å². The Balaban J connectivity index is 1.82. The molecule has 1 aromatic heterocycles. The predicted octanol–water partition coefficient (Wildman–Crippen LogP) is 4.70. The zero-order valence-corrected chi connectivity index (χ0v) is 20.0. The highest BCUT2D eigenvalue weighted by Gasteiger charge is 2.35. The quantitative estimate of drug-likeness (QED) is 0.726. The molecule has 0 saturated carbocycles. The number of rotatable bonds is 5. The van der Waals surface area contributed by atoms with Crippen molar-refractivity contribution in [3.05, 3.63) is 51.2 Å². The zero-order valence-electron chi connectivity index (χ0n) is 19.2. The van der Waals surface area contributed by atoms with Crippen LogP contribution < -0.4 is 10.1 Å². The average Bonchev–Trinajstić information content (AvgIpc) is 3.09. The maximum Gasteiger partial charge on any atom is 0.407 e. The molecule has 31 heavy (non-hydrogen) atoms. The van der Waals surface area contributed by atoms with Gasteiger partial charge in [0.15, 0.2) is 0 Å². The Morgan fingerprint density at radius 1 is 1.29 bits per heavy atom. The van der Waals surface area contributed by atoms with E-state index >= 15 is 0 Å². The van der Waals surface area contributed by atoms with E-state index < -0.39 is 11.7 Å². The van der Waals surface area contributed by atoms with Crippen LogP contribution in [0.25, 0.3) is 0 Å². The molecular weight excluding hydrogens is 412 g/mol. The Labute approximate surface area is 188 Å². The standard InChI is InChI=1S/C24H32N2O4S/c1-15(14-25-23(28)30-24(3,4)5)22(27)26-11-10-20-19(12-16(2)31-20)21(26)17-8-7-9-18(13-17)29-6/h7-9,12-13,15,21H,10-11,14H2,1-6H3,(H,25,28). The maximum absolute atomic E-state index is 13.5. The van der Waals surface area contributed by atoms with Gasteiger partial charge in [-0.2, -0.15) is 0 Å². The van der Waals surface area contributed by atoms with Crippen LogP contribution >= 0.6 is 11.3 Å². The van der Waals surface area contributed by atoms with E-state index in [4.69, 9.17) is 9.47 Å². The van der Waals surface area contributed by atoms with Crippen LogP contribution in [0, 0.1) is 12.8 Å². The van der Waals surface area contributed by atoms with Gasteiger partial charge in [-0.05, 0) is 63.4 Å². The van der Waals surface area contributed by atoms with Gasteiger partial charge < -0.3 is 19.7 Å². The van der Waals surface area contributed by atoms with Crippen molar-refractivity contribution in [2.45, 2.75) is 52.7 Å². The van der Waals surface area contributed by atoms with Gasteiger partial charge in [-0.15, -0.1) is 11.3 Å². The van der Waals surface area contributed by atoms with E-state index in [1.807, 2.05) is 56.9 Å². The molecule has 1 N–H and O–H groups in total. The van der Waals surface area contributed by atoms with Crippen molar-refractivity contribution in [3.63, 3.8) is 0 Å². The molecule has 2 atom stereocenters. The Kier molecular flexibility index (Phi) is 6.94. The summed E-state index contributed by atoms with van der Waals surface area (Å²) in [4.78, 5) is 30.0. The van der Waals surface area contributed by atoms with E-state index in [1.54, 1.807) is 18.4 Å². The molecule has 0 aliphatic carbocycles. The third kappa shape index (κ3) is 5.58. The van der Waals surface area contributed by atoms with Gasteiger partial charge in [0, 0.05) is 22.8 Å². The summed E-state index contributed by atoms with van der Waals surface area (Å²) in [5.41, 5.74) is 1.64. The lowest BCUT2D eigenvalue weighted by atomic mass is 9.91. The van der Waals surface area contributed by atoms with Gasteiger partial charge in [0.1, 0.15) is 11.4 Å². The number of alkyl carbamates (subject to hydrolysis) is 1. The summed E-state index contributed by atoms with van der Waals surface area (Å²) in [7, 11) is 1.65. The summed E-state index contributed by atoms with van der Waals surface area (Å²) >= 11 is 1.80. The number of carbonyl (C=O) groups is 2. The lowest BCUT2D eigenvalue weighted by Gasteiger charge is -2.38. The number of ether oxygens (including phenoxy) is 2. The van der Waals surface area contributed by atoms with Crippen molar-refractivity contribution >= 4 is 23.3 Å². The Hall–Kier alpha value is -2.54. The van der Waals surface area contributed by atoms with Crippen LogP contribution in [0.1, 0.15) is 54.6 Å². The number of benzene rings is 1. The molecule has 0 bridgehead atoms. The first-order valence-electron chi connectivity index (χ1n) is 10.6. The topological polar surface area (TPSA) is 67.9 Å². The van der Waals surface area contributed by atoms with Gasteiger partial charge in [0.2, 0.25) is 5.91 Å². The second-order valence-electron chi connectivity index (χ2n) is 8.98. The van der Waals surface area contributed by atoms with Gasteiger partial charge in [-0.25, -0.2) is 4.79 Å². The SMILES string of the molecule is COc1cccc(C2c3cc(C)sc3CCN2C(=O)C(C)CNC(=O)OC(C)(C)C)c1. The molecule has 6 nitrogen and oxygen atoms in total. The van der Waals surface area contributed by atoms with E-state index in [9.17, 15) is 9.59 Å². The molecule has 7 heteroatoms. The molecule has 1 aromatic carbocycles. The number of hydrogen-bond donors (Lipinski definition) is 1. The molecule has 2 heterocycles. The van der Waals surface area contributed by atoms with Gasteiger partial charge in [0.25, 0.3) is 0 Å². The molecule has 168 valence electrons. The van der Waals surface area contributed by atoms with E-state index in [0.29, 0.717) is 6.54 Å². The minimum Gasteiger partial charge on any atom is -0.497 e. The van der Waals surface area contributed by atoms with Crippen molar-refractivity contribution < 1.29 is 19.1 Å². The number of nitrogens with zero attached hydrogens (tertiary/aromatic N) is 1. The number of nitrogens with one attached hydrogen (secondary N) is 1. The number of fused-ring (bicyclic) bond motifs is 1. The molecule has 0 saturated heterocycles. The highest BCUT2D eigenvalue weighted by Crippen LogP contribution is 2.40. The minimum atomic E-state index is -0.575. The number of methoxy groups -OCH3 is 1. The summed E-state index contributed by atoms with van der Waals surface area (Å²) in [5, 5.41) is 2.73. The molecule has 2 unspecified atom stereocenters. The monoisotopic (exact) mass is 444 g/mol. The molecule has 3 rings (SSSR count). The van der Waals surface area contributed by atoms with Crippen LogP contribution in [-0.4, -0.2) is 42.7 Å². The van der Waals surface area contributed by atoms with E-state index in [2.05, 4.69) is 18.3 Å². The maximum atomic E-state index is 13.5. The normalized spacial score (nSPS) is 17.0. The fourth-order valence-electron chi connectivity index (χ4n) is 3.86. The number of amides is 2. The number of carbonyl (C=O) groups excluding carboxylic acids is 2. The third-order valence-electron chi connectivity index (χ3n) is 5.22. The lowest BCUT2D eigenvalue weighted by molar-refractivity contribution is -0.136. The van der Waals surface area contributed by atoms with Crippen molar-refractivity contribution in [3.8, 4) is 5.75 Å². The van der Waals surface area contributed by atoms with Gasteiger partial charge >= 0.3 is 6.09 Å². The molecule has 1 aliphatic heterocycles. The molecule has 0 fully saturated rings. The third-order valence-corrected chi connectivity index (χ3v) is 6.34. The van der Waals surface area contributed by atoms with Crippen LogP contribution in [0.15, 0.2) is 30.3 Å². The molecule has 0 spiro atoms. The van der Waals surface area contributed by atoms with E-state index in [0.717, 1.165) is 17.7 Å². The van der Waals surface area contributed by atoms with Crippen molar-refractivity contribution in [1.29, 1.82) is 0 Å². The number of hydrogen-bond acceptors (Lipinski definition) is 5. The van der Waals surface area contributed by atoms with Crippen LogP contribution in [0.2, 0.25) is 0 Å². The first kappa shape index (κ1) is 23.1. The first-order chi connectivity index (χ1) is 14.6. The molecule has 2 amide bonds. The Bertz CT molecular complexity index is 947. The van der Waals surface area contributed by atoms with Crippen LogP contribution in [0.4, 0.5) is 4.79 Å². The smallest absolute Gasteiger partial charge is 0.407 e. The highest BCUT2D eigenvalue weighted by molar-refractivity contribution is 7.12. The lowest BCUT2D eigenvalue weighted by Crippen LogP contribution is -2.45. The fraction of sp³-hybridized carbons (Fsp3) is 0.500. The van der Waals surface area contributed by atoms with E-state index in [1.165, 1.54) is 15.3 Å². The van der Waals surface area contributed by atoms with Crippen molar-refractivity contribution in [2.24, 2.45) is 5.92 Å². The van der Waals surface area contributed by atoms with E-state index in [-0.39, 0.29) is 24.4 Å². The van der Waals surface area contributed by atoms with Crippen molar-refractivity contribution in [2.75, 3.05) is 20.2 Å². The molecule has 1 aliphatic rings. The summed E-state index contributed by atoms with van der Waals surface area (Å²) in [6.07, 6.45) is 0.331. The second-order valence-corrected chi connectivity index (χ2v) is 10.3. The average molecular weight is 445 g/mol. The van der Waals surface area contributed by atoms with Gasteiger partial charge in [-0.1, -0.05) is 19.1 Å². The summed E-state index contributed by atoms with van der Waals surface area (Å²) in [5.74, 6) is 0.406. The molecule has 0 radical (unpaired) electrons. The minimum absolute atomic E-state index is 0.0124. The summed E-state index contributed by atoms with van der Waals surface area (Å²) in [6, 6.07) is 9.92. The number of aryl methyl sites for hydroxylation is 1. The van der Waals surface area contributed by atoms with Crippen LogP contribution in [-0.2, 0) is 16.0 Å². The van der Waals surface area contributed by atoms with Gasteiger partial charge in [-0.3, -0.25) is 4.79 Å². The first-order valence-corrected chi connectivity index (χ1v) is 11.4. The van der Waals surface area contributed by atoms with Crippen LogP contribution in [0.3, 0.4) is 0 Å². The molecular formula is C24H32N2O4S. The van der Waals surface area contributed by atoms with Crippen molar-refractivity contribution in [1.82, 2.24) is 10.2 Å². The predicted molar refractivity (Wildman–Crippen MR) is 123 cm³/mol. The highest BCUT2D eigenvalue weighted by atomic mass is 32.1. The zero-order chi connectivity index (χ0) is 22.8. The summed E-state index contributed by atoms with van der Waals surface area (Å²) in [6.45, 7) is 10.3. The summed E-state index contributed by atoms with van der Waals surface area (Å²) < 4.78 is 10.7. The molecule has 2 aromatic rings. The second kappa shape index (κ2) is 9.30. The Morgan fingerprint density at radius 2 is 2.03 bits per heavy atom. The fourth-order valence-corrected chi connectivity index (χ4v) is 4.91. The van der Waals surface area contributed by atoms with Gasteiger partial charge in [0.05, 0.1) is 19.1 Å². The Morgan fingerprint density at radius 3 is 2.71 bits per heavy atom. The number of thiophene rings is 1.